The molecule has 0 saturated heterocycles. The molecule has 0 radical (unpaired) electrons. The fourth-order valence-electron chi connectivity index (χ4n) is 2.05. The highest BCUT2D eigenvalue weighted by Crippen LogP contribution is 2.27. The number of nitrogens with zero attached hydrogens (tertiary/aromatic N) is 1. The molecule has 0 amide bonds. The zero-order valence-electron chi connectivity index (χ0n) is 11.0. The lowest BCUT2D eigenvalue weighted by Gasteiger charge is -2.01. The van der Waals surface area contributed by atoms with E-state index in [-0.39, 0.29) is 0 Å². The van der Waals surface area contributed by atoms with E-state index in [1.54, 1.807) is 11.3 Å². The van der Waals surface area contributed by atoms with E-state index in [4.69, 9.17) is 28.9 Å². The third kappa shape index (κ3) is 3.38. The number of nitrogens with two attached hydrogens (primary N) is 1. The monoisotopic (exact) mass is 334 g/mol. The molecule has 1 aromatic heterocycles. The van der Waals surface area contributed by atoms with Crippen molar-refractivity contribution in [3.8, 4) is 11.3 Å². The molecule has 2 nitrogen and oxygen atoms in total. The summed E-state index contributed by atoms with van der Waals surface area (Å²) in [6.07, 6.45) is 0.740. The van der Waals surface area contributed by atoms with Crippen molar-refractivity contribution in [1.29, 1.82) is 0 Å². The van der Waals surface area contributed by atoms with Gasteiger partial charge in [-0.3, -0.25) is 0 Å². The molecule has 2 aromatic carbocycles. The highest BCUT2D eigenvalue weighted by molar-refractivity contribution is 7.10. The van der Waals surface area contributed by atoms with Crippen LogP contribution in [0.25, 0.3) is 11.3 Å². The van der Waals surface area contributed by atoms with E-state index in [1.807, 2.05) is 47.8 Å². The molecular formula is C16H12Cl2N2S. The van der Waals surface area contributed by atoms with E-state index in [0.29, 0.717) is 10.0 Å². The van der Waals surface area contributed by atoms with Gasteiger partial charge in [-0.1, -0.05) is 41.4 Å². The minimum atomic E-state index is 0.569. The van der Waals surface area contributed by atoms with Crippen LogP contribution in [-0.4, -0.2) is 4.98 Å². The Morgan fingerprint density at radius 3 is 2.67 bits per heavy atom. The second-order valence-electron chi connectivity index (χ2n) is 4.68. The molecule has 3 rings (SSSR count). The molecule has 106 valence electrons. The minimum Gasteiger partial charge on any atom is -0.399 e. The summed E-state index contributed by atoms with van der Waals surface area (Å²) in [5.74, 6) is 0. The smallest absolute Gasteiger partial charge is 0.0976 e. The molecule has 0 atom stereocenters. The Balaban J connectivity index is 1.83. The Morgan fingerprint density at radius 2 is 1.90 bits per heavy atom. The molecule has 5 heteroatoms. The van der Waals surface area contributed by atoms with Crippen LogP contribution in [0, 0.1) is 0 Å². The molecule has 21 heavy (non-hydrogen) atoms. The fourth-order valence-corrected chi connectivity index (χ4v) is 3.21. The van der Waals surface area contributed by atoms with Crippen molar-refractivity contribution in [2.45, 2.75) is 6.42 Å². The third-order valence-electron chi connectivity index (χ3n) is 3.07. The van der Waals surface area contributed by atoms with Crippen LogP contribution in [0.4, 0.5) is 5.69 Å². The minimum absolute atomic E-state index is 0.569. The van der Waals surface area contributed by atoms with Crippen LogP contribution in [0.1, 0.15) is 10.6 Å². The molecule has 0 saturated carbocycles. The fraction of sp³-hybridized carbons (Fsp3) is 0.0625. The average Bonchev–Trinajstić information content (AvgIpc) is 2.91. The van der Waals surface area contributed by atoms with Gasteiger partial charge in [0.25, 0.3) is 0 Å². The zero-order chi connectivity index (χ0) is 14.8. The number of anilines is 1. The van der Waals surface area contributed by atoms with E-state index in [0.717, 1.165) is 33.9 Å². The standard InChI is InChI=1S/C16H12Cl2N2S/c17-13-5-4-10(6-14(13)18)7-16-20-15(9-21-16)11-2-1-3-12(19)8-11/h1-6,8-9H,7,19H2. The summed E-state index contributed by atoms with van der Waals surface area (Å²) in [7, 11) is 0. The quantitative estimate of drug-likeness (QED) is 0.661. The number of hydrogen-bond donors (Lipinski definition) is 1. The number of hydrogen-bond acceptors (Lipinski definition) is 3. The number of halogens is 2. The average molecular weight is 335 g/mol. The lowest BCUT2D eigenvalue weighted by atomic mass is 10.1. The summed E-state index contributed by atoms with van der Waals surface area (Å²) in [6.45, 7) is 0. The van der Waals surface area contributed by atoms with Crippen LogP contribution >= 0.6 is 34.5 Å². The van der Waals surface area contributed by atoms with Crippen molar-refractivity contribution in [1.82, 2.24) is 4.98 Å². The van der Waals surface area contributed by atoms with Gasteiger partial charge in [-0.15, -0.1) is 11.3 Å². The van der Waals surface area contributed by atoms with Crippen molar-refractivity contribution >= 4 is 40.2 Å². The summed E-state index contributed by atoms with van der Waals surface area (Å²) in [5, 5.41) is 4.22. The first kappa shape index (κ1) is 14.4. The predicted molar refractivity (Wildman–Crippen MR) is 91.2 cm³/mol. The van der Waals surface area contributed by atoms with Gasteiger partial charge in [0.2, 0.25) is 0 Å². The summed E-state index contributed by atoms with van der Waals surface area (Å²) < 4.78 is 0. The molecular weight excluding hydrogens is 323 g/mol. The lowest BCUT2D eigenvalue weighted by molar-refractivity contribution is 1.14. The van der Waals surface area contributed by atoms with Crippen molar-refractivity contribution in [2.75, 3.05) is 5.73 Å². The SMILES string of the molecule is Nc1cccc(-c2csc(Cc3ccc(Cl)c(Cl)c3)n2)c1. The molecule has 0 aliphatic carbocycles. The number of thiazole rings is 1. The zero-order valence-corrected chi connectivity index (χ0v) is 13.3. The molecule has 0 aliphatic heterocycles. The topological polar surface area (TPSA) is 38.9 Å². The number of aromatic nitrogens is 1. The van der Waals surface area contributed by atoms with Gasteiger partial charge in [0.1, 0.15) is 0 Å². The van der Waals surface area contributed by atoms with E-state index in [1.165, 1.54) is 0 Å². The Kier molecular flexibility index (Phi) is 4.15. The summed E-state index contributed by atoms with van der Waals surface area (Å²) in [6, 6.07) is 13.4. The first-order valence-electron chi connectivity index (χ1n) is 6.36. The molecule has 3 aromatic rings. The van der Waals surface area contributed by atoms with Gasteiger partial charge in [0, 0.05) is 23.1 Å². The maximum absolute atomic E-state index is 6.04. The number of nitrogen functional groups attached to an aromatic ring is 1. The Bertz CT molecular complexity index is 783. The van der Waals surface area contributed by atoms with E-state index < -0.39 is 0 Å². The van der Waals surface area contributed by atoms with Gasteiger partial charge >= 0.3 is 0 Å². The summed E-state index contributed by atoms with van der Waals surface area (Å²) in [5.41, 5.74) is 9.62. The highest BCUT2D eigenvalue weighted by Gasteiger charge is 2.07. The first-order valence-corrected chi connectivity index (χ1v) is 7.99. The van der Waals surface area contributed by atoms with Gasteiger partial charge < -0.3 is 5.73 Å². The van der Waals surface area contributed by atoms with Crippen LogP contribution in [-0.2, 0) is 6.42 Å². The van der Waals surface area contributed by atoms with Crippen molar-refractivity contribution in [3.63, 3.8) is 0 Å². The van der Waals surface area contributed by atoms with Crippen LogP contribution in [0.2, 0.25) is 10.0 Å². The molecule has 0 unspecified atom stereocenters. The summed E-state index contributed by atoms with van der Waals surface area (Å²) >= 11 is 13.6. The van der Waals surface area contributed by atoms with Crippen molar-refractivity contribution in [3.05, 3.63) is 68.5 Å². The molecule has 1 heterocycles. The largest absolute Gasteiger partial charge is 0.399 e. The number of rotatable bonds is 3. The molecule has 0 bridgehead atoms. The Labute approximate surface area is 137 Å². The second-order valence-corrected chi connectivity index (χ2v) is 6.43. The molecule has 0 fully saturated rings. The second kappa shape index (κ2) is 6.06. The highest BCUT2D eigenvalue weighted by atomic mass is 35.5. The van der Waals surface area contributed by atoms with Gasteiger partial charge in [-0.05, 0) is 29.8 Å². The first-order chi connectivity index (χ1) is 10.1. The van der Waals surface area contributed by atoms with Gasteiger partial charge in [0.05, 0.1) is 20.7 Å². The normalized spacial score (nSPS) is 10.8. The van der Waals surface area contributed by atoms with Gasteiger partial charge in [0.15, 0.2) is 0 Å². The van der Waals surface area contributed by atoms with Crippen molar-refractivity contribution in [2.24, 2.45) is 0 Å². The maximum atomic E-state index is 6.04. The lowest BCUT2D eigenvalue weighted by Crippen LogP contribution is -1.89. The van der Waals surface area contributed by atoms with E-state index in [9.17, 15) is 0 Å². The van der Waals surface area contributed by atoms with Gasteiger partial charge in [-0.2, -0.15) is 0 Å². The van der Waals surface area contributed by atoms with Crippen LogP contribution in [0.3, 0.4) is 0 Å². The van der Waals surface area contributed by atoms with Gasteiger partial charge in [-0.25, -0.2) is 4.98 Å². The van der Waals surface area contributed by atoms with Crippen LogP contribution < -0.4 is 5.73 Å². The van der Waals surface area contributed by atoms with Crippen LogP contribution in [0.5, 0.6) is 0 Å². The molecule has 2 N–H and O–H groups in total. The van der Waals surface area contributed by atoms with Crippen LogP contribution in [0.15, 0.2) is 47.8 Å². The van der Waals surface area contributed by atoms with E-state index >= 15 is 0 Å². The maximum Gasteiger partial charge on any atom is 0.0976 e. The Morgan fingerprint density at radius 1 is 1.05 bits per heavy atom. The number of benzene rings is 2. The predicted octanol–water partition coefficient (Wildman–Crippen LogP) is 5.29. The third-order valence-corrected chi connectivity index (χ3v) is 4.66. The van der Waals surface area contributed by atoms with E-state index in [2.05, 4.69) is 4.98 Å². The molecule has 0 spiro atoms. The molecule has 0 aliphatic rings. The summed E-state index contributed by atoms with van der Waals surface area (Å²) in [4.78, 5) is 4.66. The van der Waals surface area contributed by atoms with Crippen molar-refractivity contribution < 1.29 is 0 Å². The Hall–Kier alpha value is -1.55.